The summed E-state index contributed by atoms with van der Waals surface area (Å²) in [7, 11) is 1.38. The van der Waals surface area contributed by atoms with Crippen LogP contribution in [0.1, 0.15) is 35.6 Å². The second-order valence-electron chi connectivity index (χ2n) is 5.21. The molecule has 0 bridgehead atoms. The Bertz CT molecular complexity index is 750. The third kappa shape index (κ3) is 5.00. The lowest BCUT2D eigenvalue weighted by Gasteiger charge is -2.12. The Labute approximate surface area is 141 Å². The number of benzene rings is 2. The van der Waals surface area contributed by atoms with Crippen LogP contribution in [0.15, 0.2) is 65.8 Å². The molecule has 2 aromatic rings. The first kappa shape index (κ1) is 17.3. The molecule has 24 heavy (non-hydrogen) atoms. The predicted molar refractivity (Wildman–Crippen MR) is 94.2 cm³/mol. The number of ether oxygens (including phenoxy) is 1. The fourth-order valence-electron chi connectivity index (χ4n) is 2.37. The third-order valence-corrected chi connectivity index (χ3v) is 3.56. The molecule has 5 nitrogen and oxygen atoms in total. The van der Waals surface area contributed by atoms with E-state index in [4.69, 9.17) is 5.53 Å². The van der Waals surface area contributed by atoms with Crippen LogP contribution >= 0.6 is 0 Å². The Morgan fingerprint density at radius 1 is 1.21 bits per heavy atom. The molecule has 0 radical (unpaired) electrons. The zero-order valence-corrected chi connectivity index (χ0v) is 13.5. The maximum absolute atomic E-state index is 11.1. The van der Waals surface area contributed by atoms with Crippen LogP contribution in [0.25, 0.3) is 16.5 Å². The van der Waals surface area contributed by atoms with Crippen LogP contribution in [0.3, 0.4) is 0 Å². The molecule has 0 amide bonds. The summed E-state index contributed by atoms with van der Waals surface area (Å²) >= 11 is 0. The maximum atomic E-state index is 11.1. The van der Waals surface area contributed by atoms with Gasteiger partial charge in [-0.25, -0.2) is 0 Å². The summed E-state index contributed by atoms with van der Waals surface area (Å²) in [6, 6.07) is 17.1. The van der Waals surface area contributed by atoms with Gasteiger partial charge in [-0.3, -0.25) is 4.79 Å². The Morgan fingerprint density at radius 2 is 1.96 bits per heavy atom. The number of methoxy groups -OCH3 is 1. The molecular weight excluding hydrogens is 302 g/mol. The van der Waals surface area contributed by atoms with E-state index in [1.807, 2.05) is 66.7 Å². The van der Waals surface area contributed by atoms with Gasteiger partial charge in [-0.05, 0) is 28.6 Å². The van der Waals surface area contributed by atoms with Gasteiger partial charge in [0.15, 0.2) is 0 Å². The summed E-state index contributed by atoms with van der Waals surface area (Å²) in [4.78, 5) is 14.1. The first-order valence-corrected chi connectivity index (χ1v) is 7.67. The zero-order valence-electron chi connectivity index (χ0n) is 13.5. The SMILES string of the molecule is COC(=O)CC/C=C/c1cccc(C(N=[N+]=[N-])c2ccccc2)c1. The Balaban J connectivity index is 2.17. The van der Waals surface area contributed by atoms with Crippen LogP contribution in [-0.2, 0) is 9.53 Å². The van der Waals surface area contributed by atoms with E-state index < -0.39 is 0 Å². The van der Waals surface area contributed by atoms with Gasteiger partial charge >= 0.3 is 5.97 Å². The molecule has 0 saturated carbocycles. The molecule has 0 aliphatic carbocycles. The highest BCUT2D eigenvalue weighted by Crippen LogP contribution is 2.27. The summed E-state index contributed by atoms with van der Waals surface area (Å²) < 4.78 is 4.61. The molecule has 0 aliphatic rings. The minimum absolute atomic E-state index is 0.221. The lowest BCUT2D eigenvalue weighted by atomic mass is 9.98. The first-order chi connectivity index (χ1) is 11.7. The largest absolute Gasteiger partial charge is 0.469 e. The van der Waals surface area contributed by atoms with Gasteiger partial charge in [0.05, 0.1) is 13.2 Å². The van der Waals surface area contributed by atoms with E-state index >= 15 is 0 Å². The predicted octanol–water partition coefficient (Wildman–Crippen LogP) is 5.05. The van der Waals surface area contributed by atoms with Gasteiger partial charge in [-0.15, -0.1) is 0 Å². The van der Waals surface area contributed by atoms with E-state index in [0.29, 0.717) is 12.8 Å². The topological polar surface area (TPSA) is 75.1 Å². The van der Waals surface area contributed by atoms with Crippen molar-refractivity contribution in [3.05, 3.63) is 87.8 Å². The highest BCUT2D eigenvalue weighted by molar-refractivity contribution is 5.69. The van der Waals surface area contributed by atoms with Crippen LogP contribution in [0.5, 0.6) is 0 Å². The molecule has 0 heterocycles. The molecule has 1 unspecified atom stereocenters. The van der Waals surface area contributed by atoms with E-state index in [-0.39, 0.29) is 12.0 Å². The molecule has 1 atom stereocenters. The number of allylic oxidation sites excluding steroid dienone is 1. The monoisotopic (exact) mass is 321 g/mol. The summed E-state index contributed by atoms with van der Waals surface area (Å²) in [6.07, 6.45) is 4.86. The number of carbonyl (C=O) groups excluding carboxylic acids is 1. The van der Waals surface area contributed by atoms with E-state index in [1.54, 1.807) is 0 Å². The number of rotatable bonds is 7. The second-order valence-corrected chi connectivity index (χ2v) is 5.21. The van der Waals surface area contributed by atoms with Crippen molar-refractivity contribution in [3.63, 3.8) is 0 Å². The van der Waals surface area contributed by atoms with Gasteiger partial charge in [0.25, 0.3) is 0 Å². The smallest absolute Gasteiger partial charge is 0.305 e. The van der Waals surface area contributed by atoms with E-state index in [2.05, 4.69) is 14.8 Å². The molecule has 0 aliphatic heterocycles. The lowest BCUT2D eigenvalue weighted by molar-refractivity contribution is -0.140. The normalized spacial score (nSPS) is 11.7. The molecule has 122 valence electrons. The van der Waals surface area contributed by atoms with Gasteiger partial charge in [0.2, 0.25) is 0 Å². The minimum atomic E-state index is -0.361. The van der Waals surface area contributed by atoms with Gasteiger partial charge < -0.3 is 4.74 Å². The highest BCUT2D eigenvalue weighted by Gasteiger charge is 2.11. The first-order valence-electron chi connectivity index (χ1n) is 7.67. The third-order valence-electron chi connectivity index (χ3n) is 3.56. The molecule has 0 spiro atoms. The van der Waals surface area contributed by atoms with E-state index in [9.17, 15) is 4.79 Å². The number of azide groups is 1. The molecule has 0 N–H and O–H groups in total. The van der Waals surface area contributed by atoms with Gasteiger partial charge in [0.1, 0.15) is 0 Å². The summed E-state index contributed by atoms with van der Waals surface area (Å²) in [5, 5.41) is 3.93. The Kier molecular flexibility index (Phi) is 6.62. The molecule has 5 heteroatoms. The Morgan fingerprint density at radius 3 is 2.67 bits per heavy atom. The highest BCUT2D eigenvalue weighted by atomic mass is 16.5. The van der Waals surface area contributed by atoms with Crippen LogP contribution < -0.4 is 0 Å². The van der Waals surface area contributed by atoms with Crippen molar-refractivity contribution in [2.75, 3.05) is 7.11 Å². The average molecular weight is 321 g/mol. The molecule has 0 aromatic heterocycles. The number of carbonyl (C=O) groups is 1. The Hall–Kier alpha value is -3.04. The number of hydrogen-bond donors (Lipinski definition) is 0. The lowest BCUT2D eigenvalue weighted by Crippen LogP contribution is -1.98. The van der Waals surface area contributed by atoms with Crippen molar-refractivity contribution in [2.24, 2.45) is 5.11 Å². The van der Waals surface area contributed by atoms with Crippen molar-refractivity contribution in [1.29, 1.82) is 0 Å². The summed E-state index contributed by atoms with van der Waals surface area (Å²) in [6.45, 7) is 0. The van der Waals surface area contributed by atoms with Crippen LogP contribution in [0, 0.1) is 0 Å². The molecule has 0 fully saturated rings. The number of nitrogens with zero attached hydrogens (tertiary/aromatic N) is 3. The van der Waals surface area contributed by atoms with E-state index in [0.717, 1.165) is 16.7 Å². The van der Waals surface area contributed by atoms with Crippen LogP contribution in [0.4, 0.5) is 0 Å². The minimum Gasteiger partial charge on any atom is -0.469 e. The van der Waals surface area contributed by atoms with Crippen molar-refractivity contribution in [3.8, 4) is 0 Å². The quantitative estimate of drug-likeness (QED) is 0.309. The fraction of sp³-hybridized carbons (Fsp3) is 0.211. The zero-order chi connectivity index (χ0) is 17.2. The van der Waals surface area contributed by atoms with E-state index in [1.165, 1.54) is 7.11 Å². The standard InChI is InChI=1S/C19H19N3O2/c1-24-18(23)13-6-5-8-15-9-7-12-17(14-15)19(21-22-20)16-10-3-2-4-11-16/h2-5,7-12,14,19H,6,13H2,1H3/b8-5+. The fourth-order valence-corrected chi connectivity index (χ4v) is 2.37. The molecule has 2 aromatic carbocycles. The van der Waals surface area contributed by atoms with Gasteiger partial charge in [0, 0.05) is 11.3 Å². The number of hydrogen-bond acceptors (Lipinski definition) is 3. The van der Waals surface area contributed by atoms with Crippen molar-refractivity contribution < 1.29 is 9.53 Å². The molecule has 2 rings (SSSR count). The van der Waals surface area contributed by atoms with Crippen molar-refractivity contribution in [2.45, 2.75) is 18.9 Å². The van der Waals surface area contributed by atoms with Crippen molar-refractivity contribution >= 4 is 12.0 Å². The summed E-state index contributed by atoms with van der Waals surface area (Å²) in [5.74, 6) is -0.221. The van der Waals surface area contributed by atoms with Crippen LogP contribution in [0.2, 0.25) is 0 Å². The van der Waals surface area contributed by atoms with Gasteiger partial charge in [-0.2, -0.15) is 0 Å². The van der Waals surface area contributed by atoms with Crippen LogP contribution in [-0.4, -0.2) is 13.1 Å². The molecule has 0 saturated heterocycles. The number of esters is 1. The maximum Gasteiger partial charge on any atom is 0.305 e. The van der Waals surface area contributed by atoms with Crippen molar-refractivity contribution in [1.82, 2.24) is 0 Å². The second kappa shape index (κ2) is 9.18. The summed E-state index contributed by atoms with van der Waals surface area (Å²) in [5.41, 5.74) is 11.7. The van der Waals surface area contributed by atoms with Gasteiger partial charge in [-0.1, -0.05) is 71.9 Å². The average Bonchev–Trinajstić information content (AvgIpc) is 2.64. The molecular formula is C19H19N3O2.